The molecule has 1 fully saturated rings. The number of hydrogen-bond donors (Lipinski definition) is 2. The average Bonchev–Trinajstić information content (AvgIpc) is 2.51. The summed E-state index contributed by atoms with van der Waals surface area (Å²) in [5.74, 6) is -1.11. The fraction of sp³-hybridized carbons (Fsp3) is 0.462. The Balaban J connectivity index is 2.25. The summed E-state index contributed by atoms with van der Waals surface area (Å²) in [6.07, 6.45) is 0. The predicted molar refractivity (Wildman–Crippen MR) is 74.9 cm³/mol. The smallest absolute Gasteiger partial charge is 0.309 e. The van der Waals surface area contributed by atoms with Crippen LogP contribution in [-0.4, -0.2) is 36.8 Å². The molecule has 98 valence electrons. The average molecular weight is 313 g/mol. The number of carboxylic acid groups (broad SMARTS) is 1. The lowest BCUT2D eigenvalue weighted by Crippen LogP contribution is -2.39. The van der Waals surface area contributed by atoms with Crippen LogP contribution >= 0.6 is 15.9 Å². The molecule has 0 amide bonds. The van der Waals surface area contributed by atoms with Crippen molar-refractivity contribution in [2.75, 3.05) is 24.5 Å². The van der Waals surface area contributed by atoms with Gasteiger partial charge in [-0.25, -0.2) is 0 Å². The fourth-order valence-electron chi connectivity index (χ4n) is 2.24. The van der Waals surface area contributed by atoms with E-state index in [0.717, 1.165) is 16.7 Å². The van der Waals surface area contributed by atoms with Crippen LogP contribution in [-0.2, 0) is 4.79 Å². The van der Waals surface area contributed by atoms with Crippen molar-refractivity contribution in [2.24, 2.45) is 5.92 Å². The topological polar surface area (TPSA) is 52.6 Å². The number of aliphatic carboxylic acids is 1. The van der Waals surface area contributed by atoms with Gasteiger partial charge in [-0.3, -0.25) is 4.79 Å². The van der Waals surface area contributed by atoms with E-state index in [9.17, 15) is 9.90 Å². The number of benzene rings is 1. The molecule has 1 saturated heterocycles. The Kier molecular flexibility index (Phi) is 4.24. The minimum Gasteiger partial charge on any atom is -0.481 e. The first kappa shape index (κ1) is 13.4. The lowest BCUT2D eigenvalue weighted by atomic mass is 10.1. The molecule has 2 N–H and O–H groups in total. The highest BCUT2D eigenvalue weighted by Gasteiger charge is 2.27. The zero-order chi connectivity index (χ0) is 13.1. The summed E-state index contributed by atoms with van der Waals surface area (Å²) in [5, 5.41) is 12.4. The van der Waals surface area contributed by atoms with Gasteiger partial charge in [0, 0.05) is 35.8 Å². The fourth-order valence-corrected chi connectivity index (χ4v) is 2.63. The van der Waals surface area contributed by atoms with Gasteiger partial charge in [0.25, 0.3) is 0 Å². The van der Waals surface area contributed by atoms with Crippen molar-refractivity contribution in [2.45, 2.75) is 13.0 Å². The quantitative estimate of drug-likeness (QED) is 0.876. The monoisotopic (exact) mass is 312 g/mol. The summed E-state index contributed by atoms with van der Waals surface area (Å²) in [5.41, 5.74) is 1.06. The van der Waals surface area contributed by atoms with E-state index >= 15 is 0 Å². The van der Waals surface area contributed by atoms with Crippen LogP contribution in [0, 0.1) is 5.92 Å². The van der Waals surface area contributed by atoms with Gasteiger partial charge in [0.1, 0.15) is 0 Å². The molecule has 18 heavy (non-hydrogen) atoms. The Bertz CT molecular complexity index is 439. The van der Waals surface area contributed by atoms with Crippen molar-refractivity contribution in [1.29, 1.82) is 0 Å². The van der Waals surface area contributed by atoms with Gasteiger partial charge in [0.15, 0.2) is 0 Å². The van der Waals surface area contributed by atoms with Crippen molar-refractivity contribution in [3.8, 4) is 0 Å². The number of halogens is 1. The Morgan fingerprint density at radius 2 is 2.28 bits per heavy atom. The molecule has 0 aromatic heterocycles. The van der Waals surface area contributed by atoms with E-state index in [1.807, 2.05) is 24.3 Å². The molecule has 1 aromatic carbocycles. The van der Waals surface area contributed by atoms with Crippen LogP contribution in [0.3, 0.4) is 0 Å². The molecule has 1 aliphatic heterocycles. The molecule has 1 heterocycles. The second-order valence-electron chi connectivity index (χ2n) is 4.67. The van der Waals surface area contributed by atoms with Gasteiger partial charge in [-0.1, -0.05) is 22.0 Å². The second-order valence-corrected chi connectivity index (χ2v) is 5.59. The summed E-state index contributed by atoms with van der Waals surface area (Å²) in [7, 11) is 0. The van der Waals surface area contributed by atoms with Crippen LogP contribution in [0.5, 0.6) is 0 Å². The summed E-state index contributed by atoms with van der Waals surface area (Å²) < 4.78 is 1.01. The maximum absolute atomic E-state index is 11.2. The van der Waals surface area contributed by atoms with E-state index in [2.05, 4.69) is 33.1 Å². The second kappa shape index (κ2) is 5.71. The third-order valence-corrected chi connectivity index (χ3v) is 3.76. The highest BCUT2D eigenvalue weighted by atomic mass is 79.9. The normalized spacial score (nSPS) is 24.7. The predicted octanol–water partition coefficient (Wildman–Crippen LogP) is 1.95. The van der Waals surface area contributed by atoms with Gasteiger partial charge in [-0.15, -0.1) is 0 Å². The standard InChI is InChI=1S/C13H17BrN2O2/c1-9-6-15-7-10(13(17)18)8-16(9)12-4-2-3-11(14)5-12/h2-5,9-10,15H,6-8H2,1H3,(H,17,18). The molecule has 4 nitrogen and oxygen atoms in total. The van der Waals surface area contributed by atoms with Gasteiger partial charge in [0.05, 0.1) is 5.92 Å². The summed E-state index contributed by atoms with van der Waals surface area (Å²) in [4.78, 5) is 13.3. The van der Waals surface area contributed by atoms with Crippen molar-refractivity contribution < 1.29 is 9.90 Å². The van der Waals surface area contributed by atoms with Gasteiger partial charge < -0.3 is 15.3 Å². The van der Waals surface area contributed by atoms with Crippen molar-refractivity contribution >= 4 is 27.6 Å². The molecule has 2 unspecified atom stereocenters. The molecule has 0 bridgehead atoms. The lowest BCUT2D eigenvalue weighted by Gasteiger charge is -2.30. The Labute approximate surface area is 115 Å². The van der Waals surface area contributed by atoms with E-state index in [4.69, 9.17) is 0 Å². The van der Waals surface area contributed by atoms with Crippen LogP contribution in [0.15, 0.2) is 28.7 Å². The van der Waals surface area contributed by atoms with Crippen LogP contribution in [0.2, 0.25) is 0 Å². The van der Waals surface area contributed by atoms with E-state index in [0.29, 0.717) is 13.1 Å². The summed E-state index contributed by atoms with van der Waals surface area (Å²) in [6.45, 7) is 3.98. The minimum atomic E-state index is -0.739. The van der Waals surface area contributed by atoms with Crippen LogP contribution in [0.1, 0.15) is 6.92 Å². The SMILES string of the molecule is CC1CNCC(C(=O)O)CN1c1cccc(Br)c1. The zero-order valence-electron chi connectivity index (χ0n) is 10.3. The largest absolute Gasteiger partial charge is 0.481 e. The van der Waals surface area contributed by atoms with Crippen molar-refractivity contribution in [1.82, 2.24) is 5.32 Å². The third kappa shape index (κ3) is 3.03. The van der Waals surface area contributed by atoms with E-state index in [-0.39, 0.29) is 12.0 Å². The molecular formula is C13H17BrN2O2. The Morgan fingerprint density at radius 1 is 1.50 bits per heavy atom. The number of nitrogens with one attached hydrogen (secondary N) is 1. The highest BCUT2D eigenvalue weighted by Crippen LogP contribution is 2.23. The number of anilines is 1. The molecule has 0 saturated carbocycles. The minimum absolute atomic E-state index is 0.281. The first-order chi connectivity index (χ1) is 8.58. The highest BCUT2D eigenvalue weighted by molar-refractivity contribution is 9.10. The van der Waals surface area contributed by atoms with Crippen LogP contribution < -0.4 is 10.2 Å². The third-order valence-electron chi connectivity index (χ3n) is 3.27. The maximum atomic E-state index is 11.2. The molecule has 0 spiro atoms. The molecule has 2 atom stereocenters. The zero-order valence-corrected chi connectivity index (χ0v) is 11.9. The van der Waals surface area contributed by atoms with Gasteiger partial charge in [-0.2, -0.15) is 0 Å². The molecule has 0 aliphatic carbocycles. The number of rotatable bonds is 2. The Hall–Kier alpha value is -1.07. The molecule has 1 aromatic rings. The van der Waals surface area contributed by atoms with Crippen LogP contribution in [0.25, 0.3) is 0 Å². The molecule has 1 aliphatic rings. The summed E-state index contributed by atoms with van der Waals surface area (Å²) in [6, 6.07) is 8.27. The number of nitrogens with zero attached hydrogens (tertiary/aromatic N) is 1. The van der Waals surface area contributed by atoms with Crippen LogP contribution in [0.4, 0.5) is 5.69 Å². The van der Waals surface area contributed by atoms with E-state index in [1.165, 1.54) is 0 Å². The van der Waals surface area contributed by atoms with Gasteiger partial charge in [-0.05, 0) is 25.1 Å². The number of carbonyl (C=O) groups is 1. The van der Waals surface area contributed by atoms with Crippen molar-refractivity contribution in [3.63, 3.8) is 0 Å². The van der Waals surface area contributed by atoms with Crippen molar-refractivity contribution in [3.05, 3.63) is 28.7 Å². The molecular weight excluding hydrogens is 296 g/mol. The first-order valence-corrected chi connectivity index (χ1v) is 6.83. The maximum Gasteiger partial charge on any atom is 0.309 e. The van der Waals surface area contributed by atoms with Gasteiger partial charge >= 0.3 is 5.97 Å². The molecule has 0 radical (unpaired) electrons. The first-order valence-electron chi connectivity index (χ1n) is 6.03. The van der Waals surface area contributed by atoms with Gasteiger partial charge in [0.2, 0.25) is 0 Å². The Morgan fingerprint density at radius 3 is 2.94 bits per heavy atom. The van der Waals surface area contributed by atoms with E-state index in [1.54, 1.807) is 0 Å². The molecule has 2 rings (SSSR count). The number of carboxylic acids is 1. The summed E-state index contributed by atoms with van der Waals surface area (Å²) >= 11 is 3.45. The molecule has 5 heteroatoms. The van der Waals surface area contributed by atoms with E-state index < -0.39 is 5.97 Å². The number of hydrogen-bond acceptors (Lipinski definition) is 3. The lowest BCUT2D eigenvalue weighted by molar-refractivity contribution is -0.141.